The first-order valence-corrected chi connectivity index (χ1v) is 6.54. The van der Waals surface area contributed by atoms with Crippen LogP contribution in [0.2, 0.25) is 0 Å². The molecule has 16 heavy (non-hydrogen) atoms. The predicted molar refractivity (Wildman–Crippen MR) is 70.1 cm³/mol. The maximum atomic E-state index is 4.56. The van der Waals surface area contributed by atoms with E-state index in [1.807, 2.05) is 11.3 Å². The third-order valence-corrected chi connectivity index (χ3v) is 3.90. The second-order valence-corrected chi connectivity index (χ2v) is 5.38. The SMILES string of the molecule is Cc1nc(CCCc2ccccc2)sc1C. The molecule has 1 nitrogen and oxygen atoms in total. The van der Waals surface area contributed by atoms with E-state index in [2.05, 4.69) is 49.2 Å². The van der Waals surface area contributed by atoms with Gasteiger partial charge in [0.25, 0.3) is 0 Å². The molecule has 1 aromatic carbocycles. The largest absolute Gasteiger partial charge is 0.246 e. The summed E-state index contributed by atoms with van der Waals surface area (Å²) < 4.78 is 0. The predicted octanol–water partition coefficient (Wildman–Crippen LogP) is 3.94. The first kappa shape index (κ1) is 11.3. The zero-order valence-corrected chi connectivity index (χ0v) is 10.7. The topological polar surface area (TPSA) is 12.9 Å². The first-order chi connectivity index (χ1) is 7.75. The van der Waals surface area contributed by atoms with Gasteiger partial charge in [-0.25, -0.2) is 4.98 Å². The molecule has 0 bridgehead atoms. The van der Waals surface area contributed by atoms with Crippen LogP contribution in [0.25, 0.3) is 0 Å². The van der Waals surface area contributed by atoms with Gasteiger partial charge in [-0.3, -0.25) is 0 Å². The summed E-state index contributed by atoms with van der Waals surface area (Å²) in [5, 5.41) is 1.28. The van der Waals surface area contributed by atoms with Gasteiger partial charge in [0.1, 0.15) is 0 Å². The molecule has 2 aromatic rings. The average molecular weight is 231 g/mol. The Labute approximate surface area is 101 Å². The Morgan fingerprint density at radius 3 is 2.44 bits per heavy atom. The Balaban J connectivity index is 1.84. The summed E-state index contributed by atoms with van der Waals surface area (Å²) in [6.07, 6.45) is 3.45. The van der Waals surface area contributed by atoms with Gasteiger partial charge in [-0.2, -0.15) is 0 Å². The zero-order valence-electron chi connectivity index (χ0n) is 9.86. The smallest absolute Gasteiger partial charge is 0.0930 e. The molecule has 0 amide bonds. The molecule has 2 rings (SSSR count). The van der Waals surface area contributed by atoms with Crippen molar-refractivity contribution < 1.29 is 0 Å². The van der Waals surface area contributed by atoms with Crippen molar-refractivity contribution in [1.82, 2.24) is 4.98 Å². The Kier molecular flexibility index (Phi) is 3.73. The maximum absolute atomic E-state index is 4.56. The normalized spacial score (nSPS) is 10.6. The molecule has 0 atom stereocenters. The van der Waals surface area contributed by atoms with Gasteiger partial charge in [-0.1, -0.05) is 30.3 Å². The minimum absolute atomic E-state index is 1.11. The molecule has 0 aliphatic carbocycles. The standard InChI is InChI=1S/C14H17NS/c1-11-12(2)16-14(15-11)10-6-9-13-7-4-3-5-8-13/h3-5,7-8H,6,9-10H2,1-2H3. The quantitative estimate of drug-likeness (QED) is 0.776. The van der Waals surface area contributed by atoms with Crippen LogP contribution in [-0.2, 0) is 12.8 Å². The van der Waals surface area contributed by atoms with Gasteiger partial charge < -0.3 is 0 Å². The molecule has 0 spiro atoms. The molecule has 0 fully saturated rings. The minimum Gasteiger partial charge on any atom is -0.246 e. The van der Waals surface area contributed by atoms with E-state index in [0.29, 0.717) is 0 Å². The van der Waals surface area contributed by atoms with Gasteiger partial charge in [-0.15, -0.1) is 11.3 Å². The second-order valence-electron chi connectivity index (χ2n) is 4.09. The van der Waals surface area contributed by atoms with Gasteiger partial charge in [0.05, 0.1) is 10.7 Å². The molecular formula is C14H17NS. The second kappa shape index (κ2) is 5.26. The van der Waals surface area contributed by atoms with E-state index in [-0.39, 0.29) is 0 Å². The van der Waals surface area contributed by atoms with E-state index in [0.717, 1.165) is 12.8 Å². The molecule has 1 heterocycles. The monoisotopic (exact) mass is 231 g/mol. The van der Waals surface area contributed by atoms with Crippen molar-refractivity contribution in [2.24, 2.45) is 0 Å². The summed E-state index contributed by atoms with van der Waals surface area (Å²) in [7, 11) is 0. The van der Waals surface area contributed by atoms with Crippen molar-refractivity contribution in [3.8, 4) is 0 Å². The summed E-state index contributed by atoms with van der Waals surface area (Å²) >= 11 is 1.84. The van der Waals surface area contributed by atoms with Crippen LogP contribution in [0.1, 0.15) is 27.6 Å². The van der Waals surface area contributed by atoms with Crippen molar-refractivity contribution in [2.45, 2.75) is 33.1 Å². The van der Waals surface area contributed by atoms with Crippen LogP contribution in [-0.4, -0.2) is 4.98 Å². The third kappa shape index (κ3) is 2.92. The van der Waals surface area contributed by atoms with Crippen LogP contribution in [0, 0.1) is 13.8 Å². The van der Waals surface area contributed by atoms with Crippen molar-refractivity contribution in [2.75, 3.05) is 0 Å². The highest BCUT2D eigenvalue weighted by molar-refractivity contribution is 7.11. The fraction of sp³-hybridized carbons (Fsp3) is 0.357. The van der Waals surface area contributed by atoms with E-state index < -0.39 is 0 Å². The van der Waals surface area contributed by atoms with E-state index in [1.165, 1.54) is 27.6 Å². The summed E-state index contributed by atoms with van der Waals surface area (Å²) in [5.74, 6) is 0. The number of thiazole rings is 1. The summed E-state index contributed by atoms with van der Waals surface area (Å²) in [4.78, 5) is 5.92. The third-order valence-electron chi connectivity index (χ3n) is 2.77. The van der Waals surface area contributed by atoms with Crippen molar-refractivity contribution in [1.29, 1.82) is 0 Å². The molecule has 1 aromatic heterocycles. The number of aromatic nitrogens is 1. The van der Waals surface area contributed by atoms with Gasteiger partial charge in [0.2, 0.25) is 0 Å². The molecule has 2 heteroatoms. The number of rotatable bonds is 4. The highest BCUT2D eigenvalue weighted by atomic mass is 32.1. The number of hydrogen-bond donors (Lipinski definition) is 0. The summed E-state index contributed by atoms with van der Waals surface area (Å²) in [5.41, 5.74) is 2.62. The van der Waals surface area contributed by atoms with E-state index >= 15 is 0 Å². The Bertz CT molecular complexity index is 426. The molecule has 0 saturated heterocycles. The molecule has 0 saturated carbocycles. The highest BCUT2D eigenvalue weighted by Crippen LogP contribution is 2.18. The summed E-state index contributed by atoms with van der Waals surface area (Å²) in [6, 6.07) is 10.7. The Morgan fingerprint density at radius 2 is 1.81 bits per heavy atom. The maximum Gasteiger partial charge on any atom is 0.0930 e. The van der Waals surface area contributed by atoms with Gasteiger partial charge in [0.15, 0.2) is 0 Å². The molecular weight excluding hydrogens is 214 g/mol. The van der Waals surface area contributed by atoms with Crippen molar-refractivity contribution in [3.63, 3.8) is 0 Å². The van der Waals surface area contributed by atoms with Crippen molar-refractivity contribution in [3.05, 3.63) is 51.5 Å². The van der Waals surface area contributed by atoms with Crippen LogP contribution in [0.3, 0.4) is 0 Å². The van der Waals surface area contributed by atoms with Gasteiger partial charge in [-0.05, 0) is 38.7 Å². The molecule has 0 N–H and O–H groups in total. The van der Waals surface area contributed by atoms with E-state index in [4.69, 9.17) is 0 Å². The van der Waals surface area contributed by atoms with Crippen LogP contribution in [0.4, 0.5) is 0 Å². The Morgan fingerprint density at radius 1 is 1.06 bits per heavy atom. The number of benzene rings is 1. The summed E-state index contributed by atoms with van der Waals surface area (Å²) in [6.45, 7) is 4.24. The molecule has 0 aliphatic heterocycles. The lowest BCUT2D eigenvalue weighted by atomic mass is 10.1. The average Bonchev–Trinajstić information content (AvgIpc) is 2.60. The number of nitrogens with zero attached hydrogens (tertiary/aromatic N) is 1. The lowest BCUT2D eigenvalue weighted by Crippen LogP contribution is -1.89. The fourth-order valence-electron chi connectivity index (χ4n) is 1.73. The van der Waals surface area contributed by atoms with E-state index in [1.54, 1.807) is 0 Å². The Hall–Kier alpha value is -1.15. The van der Waals surface area contributed by atoms with Crippen LogP contribution in [0.5, 0.6) is 0 Å². The number of aryl methyl sites for hydroxylation is 4. The lowest BCUT2D eigenvalue weighted by Gasteiger charge is -1.98. The first-order valence-electron chi connectivity index (χ1n) is 5.72. The number of hydrogen-bond acceptors (Lipinski definition) is 2. The molecule has 84 valence electrons. The lowest BCUT2D eigenvalue weighted by molar-refractivity contribution is 0.812. The molecule has 0 unspecified atom stereocenters. The zero-order chi connectivity index (χ0) is 11.4. The van der Waals surface area contributed by atoms with Crippen molar-refractivity contribution >= 4 is 11.3 Å². The highest BCUT2D eigenvalue weighted by Gasteiger charge is 2.03. The fourth-order valence-corrected chi connectivity index (χ4v) is 2.71. The van der Waals surface area contributed by atoms with E-state index in [9.17, 15) is 0 Å². The van der Waals surface area contributed by atoms with Gasteiger partial charge in [0, 0.05) is 4.88 Å². The van der Waals surface area contributed by atoms with Crippen LogP contribution in [0.15, 0.2) is 30.3 Å². The minimum atomic E-state index is 1.11. The van der Waals surface area contributed by atoms with Crippen LogP contribution < -0.4 is 0 Å². The van der Waals surface area contributed by atoms with Crippen LogP contribution >= 0.6 is 11.3 Å². The molecule has 0 radical (unpaired) electrons. The van der Waals surface area contributed by atoms with Gasteiger partial charge >= 0.3 is 0 Å². The molecule has 0 aliphatic rings.